The Labute approximate surface area is 148 Å². The lowest BCUT2D eigenvalue weighted by Gasteiger charge is -2.23. The first-order chi connectivity index (χ1) is 11.4. The van der Waals surface area contributed by atoms with Gasteiger partial charge in [0.25, 0.3) is 5.91 Å². The number of hydrogen-bond acceptors (Lipinski definition) is 5. The Balaban J connectivity index is 1.88. The summed E-state index contributed by atoms with van der Waals surface area (Å²) in [6.07, 6.45) is 0.364. The highest BCUT2D eigenvalue weighted by molar-refractivity contribution is 7.91. The van der Waals surface area contributed by atoms with Gasteiger partial charge in [0, 0.05) is 0 Å². The molecule has 1 aromatic rings. The zero-order valence-corrected chi connectivity index (χ0v) is 15.9. The minimum Gasteiger partial charge on any atom is -0.452 e. The van der Waals surface area contributed by atoms with Gasteiger partial charge in [-0.3, -0.25) is 4.79 Å². The molecule has 1 atom stereocenters. The third kappa shape index (κ3) is 5.29. The molecule has 0 bridgehead atoms. The monoisotopic (exact) mass is 367 g/mol. The van der Waals surface area contributed by atoms with Gasteiger partial charge in [0.15, 0.2) is 16.4 Å². The van der Waals surface area contributed by atoms with Crippen LogP contribution in [0.15, 0.2) is 24.3 Å². The quantitative estimate of drug-likeness (QED) is 0.820. The van der Waals surface area contributed by atoms with Crippen molar-refractivity contribution in [3.05, 3.63) is 35.4 Å². The van der Waals surface area contributed by atoms with E-state index in [-0.39, 0.29) is 16.9 Å². The SMILES string of the molecule is CC(C)(C)c1ccc(C(=O)OCC(=O)N[C@@]2(C)CCS(=O)(=O)C2)cc1. The summed E-state index contributed by atoms with van der Waals surface area (Å²) < 4.78 is 28.1. The van der Waals surface area contributed by atoms with Crippen molar-refractivity contribution in [1.29, 1.82) is 0 Å². The molecule has 138 valence electrons. The standard InChI is InChI=1S/C18H25NO5S/c1-17(2,3)14-7-5-13(6-8-14)16(21)24-11-15(20)19-18(4)9-10-25(22,23)12-18/h5-8H,9-12H2,1-4H3,(H,19,20)/t18-/m0/s1. The van der Waals surface area contributed by atoms with E-state index in [2.05, 4.69) is 26.1 Å². The van der Waals surface area contributed by atoms with Gasteiger partial charge < -0.3 is 10.1 Å². The summed E-state index contributed by atoms with van der Waals surface area (Å²) >= 11 is 0. The summed E-state index contributed by atoms with van der Waals surface area (Å²) in [5.74, 6) is -1.11. The number of ether oxygens (including phenoxy) is 1. The lowest BCUT2D eigenvalue weighted by atomic mass is 9.87. The molecular weight excluding hydrogens is 342 g/mol. The molecule has 1 aliphatic rings. The number of amides is 1. The predicted molar refractivity (Wildman–Crippen MR) is 95.2 cm³/mol. The van der Waals surface area contributed by atoms with E-state index < -0.39 is 33.9 Å². The second-order valence-electron chi connectivity index (χ2n) is 7.85. The molecule has 0 spiro atoms. The van der Waals surface area contributed by atoms with Crippen LogP contribution < -0.4 is 5.32 Å². The molecule has 0 radical (unpaired) electrons. The lowest BCUT2D eigenvalue weighted by Crippen LogP contribution is -2.48. The first kappa shape index (κ1) is 19.4. The molecule has 2 rings (SSSR count). The number of benzene rings is 1. The molecule has 0 saturated carbocycles. The third-order valence-electron chi connectivity index (χ3n) is 4.27. The van der Waals surface area contributed by atoms with Crippen LogP contribution in [-0.4, -0.2) is 43.9 Å². The third-order valence-corrected chi connectivity index (χ3v) is 6.17. The first-order valence-corrected chi connectivity index (χ1v) is 10.0. The molecule has 7 heteroatoms. The Morgan fingerprint density at radius 3 is 2.28 bits per heavy atom. The van der Waals surface area contributed by atoms with E-state index in [1.54, 1.807) is 19.1 Å². The molecule has 0 aliphatic carbocycles. The van der Waals surface area contributed by atoms with Crippen LogP contribution in [-0.2, 0) is 24.8 Å². The smallest absolute Gasteiger partial charge is 0.338 e. The van der Waals surface area contributed by atoms with E-state index in [0.717, 1.165) is 5.56 Å². The fraction of sp³-hybridized carbons (Fsp3) is 0.556. The Morgan fingerprint density at radius 2 is 1.80 bits per heavy atom. The minimum absolute atomic E-state index is 0.0145. The highest BCUT2D eigenvalue weighted by Gasteiger charge is 2.39. The number of sulfone groups is 1. The van der Waals surface area contributed by atoms with Crippen molar-refractivity contribution >= 4 is 21.7 Å². The van der Waals surface area contributed by atoms with Crippen LogP contribution in [0.5, 0.6) is 0 Å². The molecule has 1 aromatic carbocycles. The highest BCUT2D eigenvalue weighted by atomic mass is 32.2. The number of nitrogens with one attached hydrogen (secondary N) is 1. The zero-order valence-electron chi connectivity index (χ0n) is 15.1. The Hall–Kier alpha value is -1.89. The zero-order chi connectivity index (χ0) is 18.9. The van der Waals surface area contributed by atoms with Crippen molar-refractivity contribution in [3.8, 4) is 0 Å². The van der Waals surface area contributed by atoms with Crippen molar-refractivity contribution < 1.29 is 22.7 Å². The number of esters is 1. The van der Waals surface area contributed by atoms with Crippen LogP contribution in [0.25, 0.3) is 0 Å². The van der Waals surface area contributed by atoms with Gasteiger partial charge in [0.2, 0.25) is 0 Å². The summed E-state index contributed by atoms with van der Waals surface area (Å²) in [4.78, 5) is 24.0. The maximum absolute atomic E-state index is 12.0. The predicted octanol–water partition coefficient (Wildman–Crippen LogP) is 1.83. The van der Waals surface area contributed by atoms with Crippen LogP contribution >= 0.6 is 0 Å². The van der Waals surface area contributed by atoms with Gasteiger partial charge in [0.05, 0.1) is 22.6 Å². The van der Waals surface area contributed by atoms with E-state index in [0.29, 0.717) is 12.0 Å². The number of rotatable bonds is 4. The Bertz CT molecular complexity index is 762. The van der Waals surface area contributed by atoms with E-state index >= 15 is 0 Å². The molecule has 0 aromatic heterocycles. The minimum atomic E-state index is -3.11. The first-order valence-electron chi connectivity index (χ1n) is 8.19. The van der Waals surface area contributed by atoms with Crippen molar-refractivity contribution in [2.24, 2.45) is 0 Å². The highest BCUT2D eigenvalue weighted by Crippen LogP contribution is 2.23. The van der Waals surface area contributed by atoms with Crippen LogP contribution in [0.1, 0.15) is 50.0 Å². The van der Waals surface area contributed by atoms with Crippen molar-refractivity contribution in [3.63, 3.8) is 0 Å². The van der Waals surface area contributed by atoms with Crippen LogP contribution in [0.2, 0.25) is 0 Å². The normalized spacial score (nSPS) is 22.4. The molecule has 1 saturated heterocycles. The Morgan fingerprint density at radius 1 is 1.20 bits per heavy atom. The van der Waals surface area contributed by atoms with Gasteiger partial charge in [-0.25, -0.2) is 13.2 Å². The molecule has 1 heterocycles. The average molecular weight is 367 g/mol. The summed E-state index contributed by atoms with van der Waals surface area (Å²) in [5, 5.41) is 2.65. The fourth-order valence-electron chi connectivity index (χ4n) is 2.80. The average Bonchev–Trinajstić information content (AvgIpc) is 2.77. The number of carbonyl (C=O) groups is 2. The molecule has 25 heavy (non-hydrogen) atoms. The summed E-state index contributed by atoms with van der Waals surface area (Å²) in [6, 6.07) is 7.07. The Kier molecular flexibility index (Phi) is 5.27. The van der Waals surface area contributed by atoms with Crippen LogP contribution in [0.3, 0.4) is 0 Å². The van der Waals surface area contributed by atoms with Crippen molar-refractivity contribution in [1.82, 2.24) is 5.32 Å². The van der Waals surface area contributed by atoms with E-state index in [1.807, 2.05) is 12.1 Å². The van der Waals surface area contributed by atoms with Gasteiger partial charge in [-0.05, 0) is 36.5 Å². The maximum atomic E-state index is 12.0. The molecular formula is C18H25NO5S. The van der Waals surface area contributed by atoms with Gasteiger partial charge in [-0.1, -0.05) is 32.9 Å². The molecule has 1 N–H and O–H groups in total. The molecule has 1 fully saturated rings. The largest absolute Gasteiger partial charge is 0.452 e. The van der Waals surface area contributed by atoms with E-state index in [9.17, 15) is 18.0 Å². The summed E-state index contributed by atoms with van der Waals surface area (Å²) in [5.41, 5.74) is 0.656. The van der Waals surface area contributed by atoms with E-state index in [1.165, 1.54) is 0 Å². The fourth-order valence-corrected chi connectivity index (χ4v) is 4.90. The maximum Gasteiger partial charge on any atom is 0.338 e. The topological polar surface area (TPSA) is 89.5 Å². The molecule has 0 unspecified atom stereocenters. The van der Waals surface area contributed by atoms with Gasteiger partial charge >= 0.3 is 5.97 Å². The summed E-state index contributed by atoms with van der Waals surface area (Å²) in [6.45, 7) is 7.48. The molecule has 6 nitrogen and oxygen atoms in total. The second-order valence-corrected chi connectivity index (χ2v) is 10.0. The second kappa shape index (κ2) is 6.78. The number of carbonyl (C=O) groups excluding carboxylic acids is 2. The van der Waals surface area contributed by atoms with Crippen molar-refractivity contribution in [2.75, 3.05) is 18.1 Å². The van der Waals surface area contributed by atoms with Gasteiger partial charge in [0.1, 0.15) is 0 Å². The number of hydrogen-bond donors (Lipinski definition) is 1. The van der Waals surface area contributed by atoms with Crippen LogP contribution in [0.4, 0.5) is 0 Å². The lowest BCUT2D eigenvalue weighted by molar-refractivity contribution is -0.125. The van der Waals surface area contributed by atoms with Crippen molar-refractivity contribution in [2.45, 2.75) is 45.1 Å². The summed E-state index contributed by atoms with van der Waals surface area (Å²) in [7, 11) is -3.11. The van der Waals surface area contributed by atoms with E-state index in [4.69, 9.17) is 4.74 Å². The van der Waals surface area contributed by atoms with Crippen LogP contribution in [0, 0.1) is 0 Å². The van der Waals surface area contributed by atoms with Gasteiger partial charge in [-0.15, -0.1) is 0 Å². The molecule has 1 aliphatic heterocycles. The van der Waals surface area contributed by atoms with Gasteiger partial charge in [-0.2, -0.15) is 0 Å². The molecule has 1 amide bonds.